The van der Waals surface area contributed by atoms with E-state index in [-0.39, 0.29) is 11.8 Å². The molecule has 2 aromatic rings. The lowest BCUT2D eigenvalue weighted by Gasteiger charge is -2.07. The van der Waals surface area contributed by atoms with Gasteiger partial charge in [-0.25, -0.2) is 14.4 Å². The predicted molar refractivity (Wildman–Crippen MR) is 78.2 cm³/mol. The van der Waals surface area contributed by atoms with Crippen molar-refractivity contribution in [2.45, 2.75) is 19.9 Å². The minimum Gasteiger partial charge on any atom is -0.423 e. The molecule has 0 aliphatic rings. The molecule has 0 saturated heterocycles. The molecule has 6 heteroatoms. The van der Waals surface area contributed by atoms with E-state index in [2.05, 4.69) is 38.1 Å². The first kappa shape index (κ1) is 14.9. The van der Waals surface area contributed by atoms with E-state index in [4.69, 9.17) is 4.74 Å². The molecule has 0 aliphatic heterocycles. The number of ether oxygens (including phenoxy) is 1. The van der Waals surface area contributed by atoms with E-state index < -0.39 is 0 Å². The summed E-state index contributed by atoms with van der Waals surface area (Å²) in [7, 11) is 0. The molecule has 0 radical (unpaired) electrons. The molecular weight excluding hydrogens is 325 g/mol. The van der Waals surface area contributed by atoms with Crippen molar-refractivity contribution in [3.63, 3.8) is 0 Å². The van der Waals surface area contributed by atoms with Crippen molar-refractivity contribution < 1.29 is 9.13 Å². The van der Waals surface area contributed by atoms with E-state index in [0.29, 0.717) is 10.2 Å². The molecule has 0 amide bonds. The second-order valence-electron chi connectivity index (χ2n) is 4.23. The van der Waals surface area contributed by atoms with Crippen molar-refractivity contribution in [3.8, 4) is 11.8 Å². The van der Waals surface area contributed by atoms with Gasteiger partial charge in [-0.15, -0.1) is 0 Å². The smallest absolute Gasteiger partial charge is 0.321 e. The summed E-state index contributed by atoms with van der Waals surface area (Å²) in [6.45, 7) is 3.80. The summed E-state index contributed by atoms with van der Waals surface area (Å²) in [4.78, 5) is 8.26. The SMILES string of the molecule is CCCNCc1cnc(Oc2ccc(F)cc2Br)nc1. The zero-order valence-corrected chi connectivity index (χ0v) is 12.7. The average Bonchev–Trinajstić information content (AvgIpc) is 2.44. The largest absolute Gasteiger partial charge is 0.423 e. The fraction of sp³-hybridized carbons (Fsp3) is 0.286. The first-order chi connectivity index (χ1) is 9.69. The fourth-order valence-corrected chi connectivity index (χ4v) is 1.98. The molecule has 0 unspecified atom stereocenters. The molecule has 0 spiro atoms. The number of benzene rings is 1. The molecule has 0 fully saturated rings. The molecule has 4 nitrogen and oxygen atoms in total. The average molecular weight is 340 g/mol. The van der Waals surface area contributed by atoms with Gasteiger partial charge in [0.15, 0.2) is 0 Å². The van der Waals surface area contributed by atoms with Gasteiger partial charge in [-0.3, -0.25) is 0 Å². The Labute approximate surface area is 125 Å². The zero-order chi connectivity index (χ0) is 14.4. The molecular formula is C14H15BrFN3O. The maximum atomic E-state index is 13.0. The first-order valence-electron chi connectivity index (χ1n) is 6.33. The van der Waals surface area contributed by atoms with Crippen LogP contribution >= 0.6 is 15.9 Å². The maximum Gasteiger partial charge on any atom is 0.321 e. The Bertz CT molecular complexity index is 563. The Morgan fingerprint density at radius 1 is 1.30 bits per heavy atom. The molecule has 20 heavy (non-hydrogen) atoms. The number of hydrogen-bond donors (Lipinski definition) is 1. The fourth-order valence-electron chi connectivity index (χ4n) is 1.55. The zero-order valence-electron chi connectivity index (χ0n) is 11.1. The lowest BCUT2D eigenvalue weighted by Crippen LogP contribution is -2.14. The van der Waals surface area contributed by atoms with Crippen molar-refractivity contribution >= 4 is 15.9 Å². The number of aromatic nitrogens is 2. The van der Waals surface area contributed by atoms with Gasteiger partial charge in [-0.2, -0.15) is 0 Å². The van der Waals surface area contributed by atoms with Crippen LogP contribution < -0.4 is 10.1 Å². The lowest BCUT2D eigenvalue weighted by atomic mass is 10.3. The third kappa shape index (κ3) is 4.25. The van der Waals surface area contributed by atoms with E-state index in [1.54, 1.807) is 12.4 Å². The molecule has 2 rings (SSSR count). The predicted octanol–water partition coefficient (Wildman–Crippen LogP) is 3.67. The quantitative estimate of drug-likeness (QED) is 0.815. The van der Waals surface area contributed by atoms with Gasteiger partial charge in [-0.05, 0) is 47.1 Å². The highest BCUT2D eigenvalue weighted by Gasteiger charge is 2.06. The Balaban J connectivity index is 1.99. The monoisotopic (exact) mass is 339 g/mol. The van der Waals surface area contributed by atoms with Gasteiger partial charge in [0.1, 0.15) is 11.6 Å². The Morgan fingerprint density at radius 3 is 2.70 bits per heavy atom. The van der Waals surface area contributed by atoms with Crippen LogP contribution in [0.2, 0.25) is 0 Å². The second-order valence-corrected chi connectivity index (χ2v) is 5.08. The molecule has 1 aromatic carbocycles. The molecule has 0 saturated carbocycles. The Morgan fingerprint density at radius 2 is 2.05 bits per heavy atom. The summed E-state index contributed by atoms with van der Waals surface area (Å²) in [5, 5.41) is 3.27. The van der Waals surface area contributed by atoms with Gasteiger partial charge >= 0.3 is 6.01 Å². The highest BCUT2D eigenvalue weighted by molar-refractivity contribution is 9.10. The van der Waals surface area contributed by atoms with Gasteiger partial charge in [0.2, 0.25) is 0 Å². The van der Waals surface area contributed by atoms with Gasteiger partial charge in [0, 0.05) is 24.5 Å². The van der Waals surface area contributed by atoms with E-state index in [1.165, 1.54) is 18.2 Å². The van der Waals surface area contributed by atoms with Crippen LogP contribution in [0.5, 0.6) is 11.8 Å². The summed E-state index contributed by atoms with van der Waals surface area (Å²) in [5.74, 6) is 0.144. The summed E-state index contributed by atoms with van der Waals surface area (Å²) < 4.78 is 19.0. The van der Waals surface area contributed by atoms with Crippen LogP contribution in [0.4, 0.5) is 4.39 Å². The molecule has 1 aromatic heterocycles. The maximum absolute atomic E-state index is 13.0. The normalized spacial score (nSPS) is 10.6. The van der Waals surface area contributed by atoms with E-state index >= 15 is 0 Å². The standard InChI is InChI=1S/C14H15BrFN3O/c1-2-5-17-7-10-8-18-14(19-9-10)20-13-4-3-11(16)6-12(13)15/h3-4,6,8-9,17H,2,5,7H2,1H3. The molecule has 0 bridgehead atoms. The van der Waals surface area contributed by atoms with Crippen molar-refractivity contribution in [2.75, 3.05) is 6.54 Å². The minimum absolute atomic E-state index is 0.233. The van der Waals surface area contributed by atoms with Crippen molar-refractivity contribution in [2.24, 2.45) is 0 Å². The number of nitrogens with one attached hydrogen (secondary N) is 1. The third-order valence-electron chi connectivity index (χ3n) is 2.53. The summed E-state index contributed by atoms with van der Waals surface area (Å²) in [6.07, 6.45) is 4.51. The van der Waals surface area contributed by atoms with Crippen LogP contribution in [0.25, 0.3) is 0 Å². The molecule has 0 atom stereocenters. The Hall–Kier alpha value is -1.53. The van der Waals surface area contributed by atoms with Crippen LogP contribution in [-0.2, 0) is 6.54 Å². The third-order valence-corrected chi connectivity index (χ3v) is 3.15. The Kier molecular flexibility index (Phi) is 5.43. The summed E-state index contributed by atoms with van der Waals surface area (Å²) in [5.41, 5.74) is 0.990. The highest BCUT2D eigenvalue weighted by Crippen LogP contribution is 2.28. The number of nitrogens with zero attached hydrogens (tertiary/aromatic N) is 2. The van der Waals surface area contributed by atoms with Gasteiger partial charge in [0.25, 0.3) is 0 Å². The topological polar surface area (TPSA) is 47.0 Å². The van der Waals surface area contributed by atoms with Crippen LogP contribution in [0.1, 0.15) is 18.9 Å². The van der Waals surface area contributed by atoms with Gasteiger partial charge in [0.05, 0.1) is 4.47 Å². The molecule has 1 heterocycles. The highest BCUT2D eigenvalue weighted by atomic mass is 79.9. The summed E-state index contributed by atoms with van der Waals surface area (Å²) >= 11 is 3.23. The van der Waals surface area contributed by atoms with Crippen LogP contribution in [0, 0.1) is 5.82 Å². The number of halogens is 2. The van der Waals surface area contributed by atoms with E-state index in [9.17, 15) is 4.39 Å². The second kappa shape index (κ2) is 7.31. The van der Waals surface area contributed by atoms with E-state index in [1.807, 2.05) is 0 Å². The van der Waals surface area contributed by atoms with Gasteiger partial charge < -0.3 is 10.1 Å². The lowest BCUT2D eigenvalue weighted by molar-refractivity contribution is 0.436. The van der Waals surface area contributed by atoms with Crippen molar-refractivity contribution in [3.05, 3.63) is 46.4 Å². The minimum atomic E-state index is -0.331. The van der Waals surface area contributed by atoms with Crippen molar-refractivity contribution in [1.82, 2.24) is 15.3 Å². The number of hydrogen-bond acceptors (Lipinski definition) is 4. The first-order valence-corrected chi connectivity index (χ1v) is 7.13. The van der Waals surface area contributed by atoms with Crippen LogP contribution in [0.3, 0.4) is 0 Å². The van der Waals surface area contributed by atoms with Crippen molar-refractivity contribution in [1.29, 1.82) is 0 Å². The van der Waals surface area contributed by atoms with Gasteiger partial charge in [-0.1, -0.05) is 6.92 Å². The number of rotatable bonds is 6. The molecule has 106 valence electrons. The molecule has 0 aliphatic carbocycles. The van der Waals surface area contributed by atoms with Crippen LogP contribution in [-0.4, -0.2) is 16.5 Å². The molecule has 1 N–H and O–H groups in total. The van der Waals surface area contributed by atoms with Crippen LogP contribution in [0.15, 0.2) is 35.1 Å². The van der Waals surface area contributed by atoms with E-state index in [0.717, 1.165) is 25.1 Å². The summed E-state index contributed by atoms with van der Waals surface area (Å²) in [6, 6.07) is 4.41.